The minimum Gasteiger partial charge on any atom is -0.340 e. The van der Waals surface area contributed by atoms with Crippen LogP contribution >= 0.6 is 70.2 Å². The summed E-state index contributed by atoms with van der Waals surface area (Å²) in [7, 11) is 1.42. The average molecular weight is 733 g/mol. The highest BCUT2D eigenvalue weighted by atomic mass is 35.5. The molecule has 240 valence electrons. The van der Waals surface area contributed by atoms with Crippen molar-refractivity contribution < 1.29 is 28.2 Å². The van der Waals surface area contributed by atoms with Gasteiger partial charge in [0.15, 0.2) is 0 Å². The normalized spacial score (nSPS) is 16.3. The Kier molecular flexibility index (Phi) is 14.5. The van der Waals surface area contributed by atoms with Crippen molar-refractivity contribution in [2.45, 2.75) is 21.6 Å². The predicted molar refractivity (Wildman–Crippen MR) is 179 cm³/mol. The van der Waals surface area contributed by atoms with Crippen molar-refractivity contribution in [3.8, 4) is 0 Å². The van der Waals surface area contributed by atoms with E-state index in [2.05, 4.69) is 14.9 Å². The summed E-state index contributed by atoms with van der Waals surface area (Å²) in [5.74, 6) is -1.86. The molecule has 4 aromatic rings. The van der Waals surface area contributed by atoms with Crippen LogP contribution in [0.5, 0.6) is 0 Å². The largest absolute Gasteiger partial charge is 0.340 e. The maximum Gasteiger partial charge on any atom is 0.224 e. The third-order valence-electron chi connectivity index (χ3n) is 6.44. The Morgan fingerprint density at radius 3 is 1.44 bits per heavy atom. The van der Waals surface area contributed by atoms with Gasteiger partial charge in [-0.05, 0) is 18.4 Å². The summed E-state index contributed by atoms with van der Waals surface area (Å²) >= 11 is 24.5. The van der Waals surface area contributed by atoms with E-state index < -0.39 is 11.6 Å². The number of pyridine rings is 2. The summed E-state index contributed by atoms with van der Waals surface area (Å²) < 4.78 is 28.4. The van der Waals surface area contributed by atoms with Crippen LogP contribution in [-0.2, 0) is 39.7 Å². The summed E-state index contributed by atoms with van der Waals surface area (Å²) in [4.78, 5) is 13.2. The van der Waals surface area contributed by atoms with E-state index in [9.17, 15) is 0 Å². The highest BCUT2D eigenvalue weighted by Gasteiger charge is 2.42. The number of halogens is 4. The molecule has 2 aliphatic heterocycles. The van der Waals surface area contributed by atoms with Crippen LogP contribution in [0.3, 0.4) is 0 Å². The number of hydrogen-bond acceptors (Lipinski definition) is 10. The SMILES string of the molecule is COOSc1ncc(C2(c3ccccc3)OCCO2)cc1Cl.CSc1ncc(C2(c3ccccc3)OCCO2)cc1Cl.ClCCl. The number of hydrogen-bond donors (Lipinski definition) is 0. The van der Waals surface area contributed by atoms with Gasteiger partial charge in [0.2, 0.25) is 11.6 Å². The van der Waals surface area contributed by atoms with Gasteiger partial charge in [-0.1, -0.05) is 83.9 Å². The number of benzene rings is 2. The second-order valence-electron chi connectivity index (χ2n) is 9.00. The lowest BCUT2D eigenvalue weighted by Gasteiger charge is -2.28. The number of thioether (sulfide) groups is 1. The zero-order valence-corrected chi connectivity index (χ0v) is 28.9. The molecule has 0 aliphatic carbocycles. The summed E-state index contributed by atoms with van der Waals surface area (Å²) in [6, 6.07) is 23.2. The molecule has 2 aromatic carbocycles. The summed E-state index contributed by atoms with van der Waals surface area (Å²) in [5, 5.41) is 2.56. The molecule has 2 saturated heterocycles. The van der Waals surface area contributed by atoms with Gasteiger partial charge in [0.25, 0.3) is 0 Å². The third-order valence-corrected chi connectivity index (χ3v) is 8.64. The molecule has 0 atom stereocenters. The quantitative estimate of drug-likeness (QED) is 0.0577. The van der Waals surface area contributed by atoms with Crippen molar-refractivity contribution in [3.05, 3.63) is 117 Å². The molecule has 6 rings (SSSR count). The minimum atomic E-state index is -0.969. The van der Waals surface area contributed by atoms with Crippen LogP contribution in [0.25, 0.3) is 0 Å². The van der Waals surface area contributed by atoms with Crippen molar-refractivity contribution in [2.75, 3.05) is 45.1 Å². The Balaban J connectivity index is 0.000000189. The lowest BCUT2D eigenvalue weighted by Crippen LogP contribution is -2.28. The van der Waals surface area contributed by atoms with Crippen LogP contribution < -0.4 is 0 Å². The van der Waals surface area contributed by atoms with Crippen molar-refractivity contribution >= 4 is 70.2 Å². The summed E-state index contributed by atoms with van der Waals surface area (Å²) in [6.07, 6.45) is 5.39. The van der Waals surface area contributed by atoms with Crippen LogP contribution in [0, 0.1) is 0 Å². The number of aromatic nitrogens is 2. The Labute approximate surface area is 291 Å². The Bertz CT molecular complexity index is 1480. The molecule has 2 fully saturated rings. The Morgan fingerprint density at radius 2 is 1.09 bits per heavy atom. The van der Waals surface area contributed by atoms with Crippen LogP contribution in [-0.4, -0.2) is 55.1 Å². The molecular formula is C31H30Cl4N2O6S2. The Morgan fingerprint density at radius 1 is 0.689 bits per heavy atom. The molecule has 0 saturated carbocycles. The fraction of sp³-hybridized carbons (Fsp3) is 0.290. The topological polar surface area (TPSA) is 81.2 Å². The first-order valence-corrected chi connectivity index (χ1v) is 17.3. The van der Waals surface area contributed by atoms with Gasteiger partial charge < -0.3 is 18.9 Å². The van der Waals surface area contributed by atoms with Gasteiger partial charge >= 0.3 is 0 Å². The number of nitrogens with zero attached hydrogens (tertiary/aromatic N) is 2. The van der Waals surface area contributed by atoms with Crippen molar-refractivity contribution in [1.29, 1.82) is 0 Å². The van der Waals surface area contributed by atoms with Crippen LogP contribution in [0.4, 0.5) is 0 Å². The van der Waals surface area contributed by atoms with Crippen LogP contribution in [0.2, 0.25) is 10.0 Å². The van der Waals surface area contributed by atoms with Gasteiger partial charge in [0, 0.05) is 34.6 Å². The molecule has 0 radical (unpaired) electrons. The molecule has 8 nitrogen and oxygen atoms in total. The first kappa shape index (κ1) is 36.2. The molecule has 0 bridgehead atoms. The molecule has 0 unspecified atom stereocenters. The van der Waals surface area contributed by atoms with E-state index >= 15 is 0 Å². The van der Waals surface area contributed by atoms with Crippen LogP contribution in [0.15, 0.2) is 95.2 Å². The molecule has 4 heterocycles. The van der Waals surface area contributed by atoms with E-state index in [1.54, 1.807) is 18.5 Å². The standard InChI is InChI=1S/C15H14ClNO4S.C15H14ClNO2S.CH2Cl2/c1-18-21-22-14-13(16)9-12(10-17-14)15(19-7-8-20-15)11-5-3-2-4-6-11;1-20-14-13(16)9-12(10-17-14)15(18-7-8-19-15)11-5-3-2-4-6-11;2-1-3/h2-6,9-10H,7-8H2,1H3;2-6,9-10H,7-8H2,1H3;1H2. The van der Waals surface area contributed by atoms with E-state index in [4.69, 9.17) is 69.7 Å². The lowest BCUT2D eigenvalue weighted by molar-refractivity contribution is -0.160. The summed E-state index contributed by atoms with van der Waals surface area (Å²) in [5.41, 5.74) is 3.41. The van der Waals surface area contributed by atoms with Gasteiger partial charge in [-0.25, -0.2) is 14.9 Å². The molecule has 2 aromatic heterocycles. The fourth-order valence-electron chi connectivity index (χ4n) is 4.63. The number of ether oxygens (including phenoxy) is 4. The first-order valence-electron chi connectivity index (χ1n) is 13.5. The molecule has 2 aliphatic rings. The van der Waals surface area contributed by atoms with Gasteiger partial charge in [-0.15, -0.1) is 35.0 Å². The van der Waals surface area contributed by atoms with Gasteiger partial charge in [-0.2, -0.15) is 4.33 Å². The average Bonchev–Trinajstić information content (AvgIpc) is 3.78. The maximum absolute atomic E-state index is 6.26. The van der Waals surface area contributed by atoms with Gasteiger partial charge in [-0.3, -0.25) is 0 Å². The van der Waals surface area contributed by atoms with E-state index in [-0.39, 0.29) is 5.34 Å². The predicted octanol–water partition coefficient (Wildman–Crippen LogP) is 8.69. The molecule has 14 heteroatoms. The first-order chi connectivity index (χ1) is 21.9. The van der Waals surface area contributed by atoms with Crippen LogP contribution in [0.1, 0.15) is 22.3 Å². The van der Waals surface area contributed by atoms with Crippen molar-refractivity contribution in [3.63, 3.8) is 0 Å². The maximum atomic E-state index is 6.26. The highest BCUT2D eigenvalue weighted by molar-refractivity contribution is 7.98. The molecule has 45 heavy (non-hydrogen) atoms. The Hall–Kier alpha value is -1.64. The molecular weight excluding hydrogens is 702 g/mol. The summed E-state index contributed by atoms with van der Waals surface area (Å²) in [6.45, 7) is 2.12. The van der Waals surface area contributed by atoms with Crippen molar-refractivity contribution in [1.82, 2.24) is 9.97 Å². The third kappa shape index (κ3) is 8.84. The van der Waals surface area contributed by atoms with E-state index in [1.165, 1.54) is 18.9 Å². The molecule has 0 spiro atoms. The van der Waals surface area contributed by atoms with E-state index in [1.807, 2.05) is 73.0 Å². The van der Waals surface area contributed by atoms with Gasteiger partial charge in [0.05, 0.1) is 61.0 Å². The smallest absolute Gasteiger partial charge is 0.224 e. The molecule has 0 amide bonds. The van der Waals surface area contributed by atoms with Gasteiger partial charge in [0.1, 0.15) is 10.1 Å². The fourth-order valence-corrected chi connectivity index (χ4v) is 6.07. The monoisotopic (exact) mass is 730 g/mol. The lowest BCUT2D eigenvalue weighted by atomic mass is 9.99. The minimum absolute atomic E-state index is 0.194. The number of rotatable bonds is 8. The second kappa shape index (κ2) is 18.1. The number of alkyl halides is 2. The zero-order valence-electron chi connectivity index (χ0n) is 24.3. The zero-order chi connectivity index (χ0) is 32.1. The second-order valence-corrected chi connectivity index (χ2v) is 12.1. The molecule has 0 N–H and O–H groups in total. The van der Waals surface area contributed by atoms with E-state index in [0.717, 1.165) is 39.3 Å². The van der Waals surface area contributed by atoms with E-state index in [0.29, 0.717) is 41.5 Å². The highest BCUT2D eigenvalue weighted by Crippen LogP contribution is 2.41. The van der Waals surface area contributed by atoms with Crippen molar-refractivity contribution in [2.24, 2.45) is 0 Å².